The number of ether oxygens (including phenoxy) is 3. The number of carbonyl (C=O) groups is 1. The number of nitrogens with zero attached hydrogens (tertiary/aromatic N) is 2. The Morgan fingerprint density at radius 3 is 2.47 bits per heavy atom. The fourth-order valence-electron chi connectivity index (χ4n) is 3.21. The highest BCUT2D eigenvalue weighted by atomic mass is 19.4. The van der Waals surface area contributed by atoms with Gasteiger partial charge in [0.1, 0.15) is 48.0 Å². The summed E-state index contributed by atoms with van der Waals surface area (Å²) >= 11 is 0. The van der Waals surface area contributed by atoms with Crippen molar-refractivity contribution in [1.82, 2.24) is 14.9 Å². The lowest BCUT2D eigenvalue weighted by Crippen LogP contribution is -2.33. The summed E-state index contributed by atoms with van der Waals surface area (Å²) in [6.07, 6.45) is -4.42. The Bertz CT molecular complexity index is 1160. The quantitative estimate of drug-likeness (QED) is 0.267. The van der Waals surface area contributed by atoms with Gasteiger partial charge in [0.2, 0.25) is 0 Å². The fraction of sp³-hybridized carbons (Fsp3) is 0.333. The van der Waals surface area contributed by atoms with E-state index in [9.17, 15) is 28.2 Å². The number of imidazole rings is 1. The van der Waals surface area contributed by atoms with E-state index in [0.29, 0.717) is 23.6 Å². The number of hydrogen-bond donors (Lipinski definition) is 3. The van der Waals surface area contributed by atoms with E-state index in [1.54, 1.807) is 24.3 Å². The van der Waals surface area contributed by atoms with E-state index in [1.807, 2.05) is 0 Å². The van der Waals surface area contributed by atoms with Crippen LogP contribution in [0.25, 0.3) is 11.4 Å². The minimum Gasteiger partial charge on any atom is -0.507 e. The molecule has 0 saturated carbocycles. The molecular formula is C24H26F3N3O6. The SMILES string of the molecule is COC(=O)c1cc(OCCNCC(O)COc2ccc(-c3nc(C(F)(F)F)cn3C)cc2)ccc1O. The fourth-order valence-corrected chi connectivity index (χ4v) is 3.21. The topological polar surface area (TPSA) is 115 Å². The second-order valence-electron chi connectivity index (χ2n) is 7.77. The molecule has 0 saturated heterocycles. The van der Waals surface area contributed by atoms with Gasteiger partial charge in [-0.2, -0.15) is 13.2 Å². The number of aliphatic hydroxyl groups excluding tert-OH is 1. The Hall–Kier alpha value is -3.77. The highest BCUT2D eigenvalue weighted by Gasteiger charge is 2.34. The molecule has 0 radical (unpaired) electrons. The van der Waals surface area contributed by atoms with Crippen LogP contribution in [0, 0.1) is 0 Å². The number of esters is 1. The minimum atomic E-state index is -4.52. The third-order valence-electron chi connectivity index (χ3n) is 5.02. The first kappa shape index (κ1) is 26.8. The lowest BCUT2D eigenvalue weighted by atomic mass is 10.2. The zero-order valence-electron chi connectivity index (χ0n) is 19.6. The molecule has 0 fully saturated rings. The van der Waals surface area contributed by atoms with E-state index in [-0.39, 0.29) is 36.9 Å². The van der Waals surface area contributed by atoms with Crippen LogP contribution in [0.1, 0.15) is 16.1 Å². The number of phenolic OH excluding ortho intramolecular Hbond substituents is 1. The highest BCUT2D eigenvalue weighted by Crippen LogP contribution is 2.31. The number of phenols is 1. The molecule has 194 valence electrons. The van der Waals surface area contributed by atoms with Crippen LogP contribution in [0.2, 0.25) is 0 Å². The Morgan fingerprint density at radius 1 is 1.14 bits per heavy atom. The van der Waals surface area contributed by atoms with Crippen molar-refractivity contribution in [2.45, 2.75) is 12.3 Å². The zero-order valence-corrected chi connectivity index (χ0v) is 19.6. The summed E-state index contributed by atoms with van der Waals surface area (Å²) in [5.74, 6) is 0.107. The molecule has 0 spiro atoms. The van der Waals surface area contributed by atoms with Crippen molar-refractivity contribution >= 4 is 5.97 Å². The second kappa shape index (κ2) is 11.8. The van der Waals surface area contributed by atoms with Gasteiger partial charge in [-0.1, -0.05) is 0 Å². The molecule has 0 aliphatic heterocycles. The first-order valence-electron chi connectivity index (χ1n) is 10.8. The van der Waals surface area contributed by atoms with Gasteiger partial charge in [0, 0.05) is 31.9 Å². The number of benzene rings is 2. The lowest BCUT2D eigenvalue weighted by Gasteiger charge is -2.14. The Labute approximate surface area is 205 Å². The number of alkyl halides is 3. The van der Waals surface area contributed by atoms with Gasteiger partial charge in [0.25, 0.3) is 0 Å². The van der Waals surface area contributed by atoms with Crippen molar-refractivity contribution in [3.8, 4) is 28.6 Å². The van der Waals surface area contributed by atoms with Gasteiger partial charge in [0.05, 0.1) is 7.11 Å². The zero-order chi connectivity index (χ0) is 26.3. The van der Waals surface area contributed by atoms with Crippen LogP contribution in [-0.2, 0) is 18.0 Å². The molecule has 3 aromatic rings. The van der Waals surface area contributed by atoms with E-state index < -0.39 is 23.9 Å². The summed E-state index contributed by atoms with van der Waals surface area (Å²) in [6, 6.07) is 10.6. The number of aromatic hydroxyl groups is 1. The normalized spacial score (nSPS) is 12.3. The number of aromatic nitrogens is 2. The number of nitrogens with one attached hydrogen (secondary N) is 1. The second-order valence-corrected chi connectivity index (χ2v) is 7.77. The molecule has 1 aromatic heterocycles. The molecule has 1 heterocycles. The van der Waals surface area contributed by atoms with Crippen LogP contribution in [0.3, 0.4) is 0 Å². The number of rotatable bonds is 11. The summed E-state index contributed by atoms with van der Waals surface area (Å²) < 4.78 is 55.5. The van der Waals surface area contributed by atoms with E-state index in [2.05, 4.69) is 15.0 Å². The molecule has 9 nitrogen and oxygen atoms in total. The molecule has 3 N–H and O–H groups in total. The van der Waals surface area contributed by atoms with Crippen molar-refractivity contribution in [1.29, 1.82) is 0 Å². The van der Waals surface area contributed by atoms with Crippen LogP contribution in [0.15, 0.2) is 48.7 Å². The number of carbonyl (C=O) groups excluding carboxylic acids is 1. The van der Waals surface area contributed by atoms with E-state index in [4.69, 9.17) is 9.47 Å². The van der Waals surface area contributed by atoms with Gasteiger partial charge in [-0.25, -0.2) is 9.78 Å². The van der Waals surface area contributed by atoms with Gasteiger partial charge in [-0.15, -0.1) is 0 Å². The van der Waals surface area contributed by atoms with Crippen molar-refractivity contribution in [3.63, 3.8) is 0 Å². The van der Waals surface area contributed by atoms with Crippen LogP contribution < -0.4 is 14.8 Å². The van der Waals surface area contributed by atoms with Crippen LogP contribution >= 0.6 is 0 Å². The molecule has 1 atom stereocenters. The monoisotopic (exact) mass is 509 g/mol. The summed E-state index contributed by atoms with van der Waals surface area (Å²) in [7, 11) is 2.70. The molecule has 1 unspecified atom stereocenters. The predicted molar refractivity (Wildman–Crippen MR) is 123 cm³/mol. The minimum absolute atomic E-state index is 0.00506. The highest BCUT2D eigenvalue weighted by molar-refractivity contribution is 5.92. The molecule has 0 aliphatic rings. The van der Waals surface area contributed by atoms with Gasteiger partial charge in [0.15, 0.2) is 5.69 Å². The summed E-state index contributed by atoms with van der Waals surface area (Å²) in [4.78, 5) is 15.2. The average molecular weight is 509 g/mol. The Kier molecular flexibility index (Phi) is 8.78. The first-order valence-corrected chi connectivity index (χ1v) is 10.8. The van der Waals surface area contributed by atoms with Crippen LogP contribution in [0.5, 0.6) is 17.2 Å². The third kappa shape index (κ3) is 7.12. The van der Waals surface area contributed by atoms with Crippen LogP contribution in [0.4, 0.5) is 13.2 Å². The molecule has 0 bridgehead atoms. The number of aryl methyl sites for hydroxylation is 1. The van der Waals surface area contributed by atoms with Gasteiger partial charge in [-0.3, -0.25) is 0 Å². The summed E-state index contributed by atoms with van der Waals surface area (Å²) in [5, 5.41) is 22.8. The van der Waals surface area contributed by atoms with Crippen molar-refractivity contribution in [2.24, 2.45) is 7.05 Å². The maximum atomic E-state index is 12.9. The Morgan fingerprint density at radius 2 is 1.83 bits per heavy atom. The first-order chi connectivity index (χ1) is 17.1. The van der Waals surface area contributed by atoms with E-state index in [1.165, 1.54) is 36.9 Å². The summed E-state index contributed by atoms with van der Waals surface area (Å²) in [5.41, 5.74) is -0.472. The maximum absolute atomic E-state index is 12.9. The van der Waals surface area contributed by atoms with Gasteiger partial charge < -0.3 is 34.3 Å². The Balaban J connectivity index is 1.39. The molecular weight excluding hydrogens is 483 g/mol. The van der Waals surface area contributed by atoms with E-state index in [0.717, 1.165) is 6.20 Å². The third-order valence-corrected chi connectivity index (χ3v) is 5.02. The number of halogens is 3. The maximum Gasteiger partial charge on any atom is 0.434 e. The predicted octanol–water partition coefficient (Wildman–Crippen LogP) is 3.01. The molecule has 12 heteroatoms. The lowest BCUT2D eigenvalue weighted by molar-refractivity contribution is -0.140. The molecule has 3 rings (SSSR count). The molecule has 0 aliphatic carbocycles. The molecule has 2 aromatic carbocycles. The average Bonchev–Trinajstić information content (AvgIpc) is 3.25. The van der Waals surface area contributed by atoms with E-state index >= 15 is 0 Å². The largest absolute Gasteiger partial charge is 0.507 e. The molecule has 36 heavy (non-hydrogen) atoms. The van der Waals surface area contributed by atoms with Crippen LogP contribution in [-0.4, -0.2) is 65.3 Å². The number of methoxy groups -OCH3 is 1. The standard InChI is InChI=1S/C24H26F3N3O6/c1-30-13-21(24(25,26)27)29-22(30)15-3-5-17(6-4-15)36-14-16(31)12-28-9-10-35-18-7-8-20(32)19(11-18)23(33)34-2/h3-8,11,13,16,28,31-32H,9-10,12,14H2,1-2H3. The van der Waals surface area contributed by atoms with Gasteiger partial charge in [-0.05, 0) is 42.5 Å². The number of aliphatic hydroxyl groups is 1. The van der Waals surface area contributed by atoms with Gasteiger partial charge >= 0.3 is 12.1 Å². The van der Waals surface area contributed by atoms with Crippen molar-refractivity contribution < 1.29 is 42.4 Å². The smallest absolute Gasteiger partial charge is 0.434 e. The van der Waals surface area contributed by atoms with Crippen molar-refractivity contribution in [2.75, 3.05) is 33.4 Å². The molecule has 0 amide bonds. The summed E-state index contributed by atoms with van der Waals surface area (Å²) in [6.45, 7) is 0.847. The number of hydrogen-bond acceptors (Lipinski definition) is 8. The van der Waals surface area contributed by atoms with Crippen molar-refractivity contribution in [3.05, 3.63) is 59.9 Å².